The summed E-state index contributed by atoms with van der Waals surface area (Å²) in [5, 5.41) is 3.52. The molecule has 0 aliphatic rings. The zero-order chi connectivity index (χ0) is 16.8. The van der Waals surface area contributed by atoms with Crippen LogP contribution >= 0.6 is 11.6 Å². The molecule has 2 rings (SSSR count). The van der Waals surface area contributed by atoms with Crippen LogP contribution in [0.5, 0.6) is 11.5 Å². The molecular weight excluding hydrogens is 314 g/mol. The summed E-state index contributed by atoms with van der Waals surface area (Å²) in [6.07, 6.45) is -0.0286. The normalized spacial score (nSPS) is 11.7. The molecule has 0 fully saturated rings. The maximum Gasteiger partial charge on any atom is 0.265 e. The minimum atomic E-state index is -0.582. The average Bonchev–Trinajstić information content (AvgIpc) is 2.55. The quantitative estimate of drug-likeness (QED) is 0.849. The van der Waals surface area contributed by atoms with Crippen LogP contribution in [-0.2, 0) is 4.79 Å². The highest BCUT2D eigenvalue weighted by atomic mass is 35.5. The van der Waals surface area contributed by atoms with Gasteiger partial charge in [-0.15, -0.1) is 0 Å². The summed E-state index contributed by atoms with van der Waals surface area (Å²) in [5.41, 5.74) is 1.58. The van der Waals surface area contributed by atoms with Crippen molar-refractivity contribution in [3.63, 3.8) is 0 Å². The first-order valence-electron chi connectivity index (χ1n) is 7.41. The average molecular weight is 334 g/mol. The topological polar surface area (TPSA) is 47.6 Å². The van der Waals surface area contributed by atoms with E-state index in [1.165, 1.54) is 0 Å². The predicted octanol–water partition coefficient (Wildman–Crippen LogP) is 4.45. The van der Waals surface area contributed by atoms with Gasteiger partial charge in [0.05, 0.1) is 7.11 Å². The van der Waals surface area contributed by atoms with Gasteiger partial charge in [-0.05, 0) is 49.2 Å². The number of amides is 1. The van der Waals surface area contributed by atoms with Crippen molar-refractivity contribution in [3.8, 4) is 11.5 Å². The Morgan fingerprint density at radius 3 is 2.65 bits per heavy atom. The number of halogens is 1. The van der Waals surface area contributed by atoms with Gasteiger partial charge in [-0.1, -0.05) is 24.6 Å². The van der Waals surface area contributed by atoms with Gasteiger partial charge in [0.15, 0.2) is 6.10 Å². The van der Waals surface area contributed by atoms with E-state index >= 15 is 0 Å². The van der Waals surface area contributed by atoms with Crippen molar-refractivity contribution in [2.45, 2.75) is 26.4 Å². The van der Waals surface area contributed by atoms with Gasteiger partial charge in [-0.3, -0.25) is 4.79 Å². The van der Waals surface area contributed by atoms with Crippen LogP contribution in [0.3, 0.4) is 0 Å². The van der Waals surface area contributed by atoms with Crippen molar-refractivity contribution in [2.24, 2.45) is 0 Å². The second-order valence-electron chi connectivity index (χ2n) is 5.15. The second-order valence-corrected chi connectivity index (χ2v) is 5.55. The molecule has 0 aliphatic carbocycles. The van der Waals surface area contributed by atoms with E-state index in [1.807, 2.05) is 32.0 Å². The minimum absolute atomic E-state index is 0.201. The molecule has 0 unspecified atom stereocenters. The number of carbonyl (C=O) groups is 1. The first-order chi connectivity index (χ1) is 11.0. The van der Waals surface area contributed by atoms with Crippen LogP contribution in [0.1, 0.15) is 18.9 Å². The number of methoxy groups -OCH3 is 1. The maximum atomic E-state index is 12.4. The standard InChI is InChI=1S/C18H20ClNO3/c1-4-17(23-15-8-9-16(19)12(2)10-15)18(21)20-13-6-5-7-14(11-13)22-3/h5-11,17H,4H2,1-3H3,(H,20,21)/t17-/m1/s1. The van der Waals surface area contributed by atoms with Crippen molar-refractivity contribution in [1.82, 2.24) is 0 Å². The van der Waals surface area contributed by atoms with E-state index in [0.29, 0.717) is 28.6 Å². The molecule has 0 bridgehead atoms. The number of nitrogens with one attached hydrogen (secondary N) is 1. The lowest BCUT2D eigenvalue weighted by Gasteiger charge is -2.18. The Bertz CT molecular complexity index is 688. The minimum Gasteiger partial charge on any atom is -0.497 e. The van der Waals surface area contributed by atoms with Crippen LogP contribution in [0.4, 0.5) is 5.69 Å². The summed E-state index contributed by atoms with van der Waals surface area (Å²) in [6, 6.07) is 12.6. The zero-order valence-corrected chi connectivity index (χ0v) is 14.2. The second kappa shape index (κ2) is 7.88. The number of rotatable bonds is 6. The molecule has 0 saturated heterocycles. The van der Waals surface area contributed by atoms with Crippen molar-refractivity contribution >= 4 is 23.2 Å². The number of benzene rings is 2. The highest BCUT2D eigenvalue weighted by molar-refractivity contribution is 6.31. The molecule has 2 aromatic rings. The monoisotopic (exact) mass is 333 g/mol. The number of carbonyl (C=O) groups excluding carboxylic acids is 1. The number of hydrogen-bond donors (Lipinski definition) is 1. The summed E-state index contributed by atoms with van der Waals surface area (Å²) < 4.78 is 10.9. The fourth-order valence-corrected chi connectivity index (χ4v) is 2.22. The molecule has 0 saturated carbocycles. The number of ether oxygens (including phenoxy) is 2. The molecule has 5 heteroatoms. The fraction of sp³-hybridized carbons (Fsp3) is 0.278. The lowest BCUT2D eigenvalue weighted by atomic mass is 10.2. The van der Waals surface area contributed by atoms with Gasteiger partial charge in [-0.25, -0.2) is 0 Å². The van der Waals surface area contributed by atoms with E-state index in [2.05, 4.69) is 5.32 Å². The van der Waals surface area contributed by atoms with Crippen molar-refractivity contribution in [1.29, 1.82) is 0 Å². The highest BCUT2D eigenvalue weighted by Gasteiger charge is 2.19. The molecule has 0 heterocycles. The summed E-state index contributed by atoms with van der Waals surface area (Å²) in [4.78, 5) is 12.4. The summed E-state index contributed by atoms with van der Waals surface area (Å²) in [7, 11) is 1.59. The zero-order valence-electron chi connectivity index (χ0n) is 13.4. The van der Waals surface area contributed by atoms with E-state index < -0.39 is 6.10 Å². The third-order valence-corrected chi connectivity index (χ3v) is 3.83. The molecule has 0 aromatic heterocycles. The molecule has 0 spiro atoms. The Labute approximate surface area is 141 Å². The van der Waals surface area contributed by atoms with Gasteiger partial charge < -0.3 is 14.8 Å². The van der Waals surface area contributed by atoms with E-state index in [1.54, 1.807) is 31.4 Å². The first kappa shape index (κ1) is 17.2. The number of anilines is 1. The van der Waals surface area contributed by atoms with E-state index in [9.17, 15) is 4.79 Å². The number of aryl methyl sites for hydroxylation is 1. The molecule has 0 radical (unpaired) electrons. The third kappa shape index (κ3) is 4.63. The largest absolute Gasteiger partial charge is 0.497 e. The third-order valence-electron chi connectivity index (χ3n) is 3.41. The first-order valence-corrected chi connectivity index (χ1v) is 7.79. The molecule has 0 aliphatic heterocycles. The molecule has 1 atom stereocenters. The highest BCUT2D eigenvalue weighted by Crippen LogP contribution is 2.23. The van der Waals surface area contributed by atoms with Crippen LogP contribution < -0.4 is 14.8 Å². The van der Waals surface area contributed by atoms with Gasteiger partial charge in [0.25, 0.3) is 5.91 Å². The van der Waals surface area contributed by atoms with Crippen LogP contribution in [0.2, 0.25) is 5.02 Å². The fourth-order valence-electron chi connectivity index (χ4n) is 2.10. The lowest BCUT2D eigenvalue weighted by molar-refractivity contribution is -0.122. The molecule has 122 valence electrons. The Morgan fingerprint density at radius 2 is 2.00 bits per heavy atom. The molecule has 1 N–H and O–H groups in total. The van der Waals surface area contributed by atoms with E-state index in [0.717, 1.165) is 5.56 Å². The van der Waals surface area contributed by atoms with Gasteiger partial charge in [0, 0.05) is 16.8 Å². The summed E-state index contributed by atoms with van der Waals surface area (Å²) in [6.45, 7) is 3.80. The lowest BCUT2D eigenvalue weighted by Crippen LogP contribution is -2.32. The Hall–Kier alpha value is -2.20. The van der Waals surface area contributed by atoms with Crippen LogP contribution in [0, 0.1) is 6.92 Å². The predicted molar refractivity (Wildman–Crippen MR) is 92.5 cm³/mol. The van der Waals surface area contributed by atoms with Crippen molar-refractivity contribution in [2.75, 3.05) is 12.4 Å². The van der Waals surface area contributed by atoms with Crippen LogP contribution in [-0.4, -0.2) is 19.1 Å². The van der Waals surface area contributed by atoms with Gasteiger partial charge >= 0.3 is 0 Å². The Balaban J connectivity index is 2.07. The van der Waals surface area contributed by atoms with Crippen LogP contribution in [0.25, 0.3) is 0 Å². The molecule has 1 amide bonds. The molecule has 2 aromatic carbocycles. The molecule has 23 heavy (non-hydrogen) atoms. The SMILES string of the molecule is CC[C@@H](Oc1ccc(Cl)c(C)c1)C(=O)Nc1cccc(OC)c1. The summed E-state index contributed by atoms with van der Waals surface area (Å²) in [5.74, 6) is 1.11. The van der Waals surface area contributed by atoms with Gasteiger partial charge in [0.2, 0.25) is 0 Å². The van der Waals surface area contributed by atoms with Crippen molar-refractivity contribution < 1.29 is 14.3 Å². The van der Waals surface area contributed by atoms with Gasteiger partial charge in [0.1, 0.15) is 11.5 Å². The van der Waals surface area contributed by atoms with E-state index in [4.69, 9.17) is 21.1 Å². The molecular formula is C18H20ClNO3. The van der Waals surface area contributed by atoms with Gasteiger partial charge in [-0.2, -0.15) is 0 Å². The maximum absolute atomic E-state index is 12.4. The summed E-state index contributed by atoms with van der Waals surface area (Å²) >= 11 is 6.00. The Morgan fingerprint density at radius 1 is 1.22 bits per heavy atom. The van der Waals surface area contributed by atoms with Crippen LogP contribution in [0.15, 0.2) is 42.5 Å². The number of hydrogen-bond acceptors (Lipinski definition) is 3. The molecule has 4 nitrogen and oxygen atoms in total. The van der Waals surface area contributed by atoms with Crippen molar-refractivity contribution in [3.05, 3.63) is 53.1 Å². The smallest absolute Gasteiger partial charge is 0.265 e. The Kier molecular flexibility index (Phi) is 5.88. The van der Waals surface area contributed by atoms with E-state index in [-0.39, 0.29) is 5.91 Å².